The molecule has 0 aliphatic rings. The van der Waals surface area contributed by atoms with Crippen LogP contribution in [0.3, 0.4) is 0 Å². The van der Waals surface area contributed by atoms with Crippen LogP contribution >= 0.6 is 11.3 Å². The van der Waals surface area contributed by atoms with Crippen LogP contribution in [-0.4, -0.2) is 13.0 Å². The molecule has 5 nitrogen and oxygen atoms in total. The van der Waals surface area contributed by atoms with Crippen LogP contribution in [0.25, 0.3) is 10.2 Å². The summed E-state index contributed by atoms with van der Waals surface area (Å²) in [6.07, 6.45) is 0. The zero-order valence-corrected chi connectivity index (χ0v) is 14.4. The molecule has 0 aliphatic carbocycles. The highest BCUT2D eigenvalue weighted by Crippen LogP contribution is 2.23. The summed E-state index contributed by atoms with van der Waals surface area (Å²) in [5.74, 6) is 0. The predicted molar refractivity (Wildman–Crippen MR) is 93.7 cm³/mol. The van der Waals surface area contributed by atoms with E-state index in [-0.39, 0.29) is 9.77 Å². The molecule has 120 valence electrons. The van der Waals surface area contributed by atoms with E-state index < -0.39 is 10.0 Å². The number of thiazole rings is 1. The Kier molecular flexibility index (Phi) is 3.99. The van der Waals surface area contributed by atoms with Crippen LogP contribution in [-0.2, 0) is 16.6 Å². The molecule has 23 heavy (non-hydrogen) atoms. The lowest BCUT2D eigenvalue weighted by molar-refractivity contribution is 0.601. The highest BCUT2D eigenvalue weighted by atomic mass is 32.2. The van der Waals surface area contributed by atoms with Gasteiger partial charge < -0.3 is 0 Å². The van der Waals surface area contributed by atoms with Gasteiger partial charge in [-0.1, -0.05) is 23.5 Å². The number of fused-ring (bicyclic) bond motifs is 1. The number of benzene rings is 2. The van der Waals surface area contributed by atoms with Crippen LogP contribution < -0.4 is 9.60 Å². The lowest BCUT2D eigenvalue weighted by Gasteiger charge is -2.09. The predicted octanol–water partition coefficient (Wildman–Crippen LogP) is 3.19. The largest absolute Gasteiger partial charge is 0.308 e. The average Bonchev–Trinajstić information content (AvgIpc) is 2.80. The molecule has 0 aliphatic heterocycles. The first-order valence-corrected chi connectivity index (χ1v) is 9.43. The molecule has 1 heterocycles. The third-order valence-corrected chi connectivity index (χ3v) is 5.86. The molecule has 0 bridgehead atoms. The van der Waals surface area contributed by atoms with Gasteiger partial charge in [-0.25, -0.2) is 8.42 Å². The zero-order valence-electron chi connectivity index (χ0n) is 12.7. The van der Waals surface area contributed by atoms with Crippen molar-refractivity contribution in [2.24, 2.45) is 0 Å². The van der Waals surface area contributed by atoms with Crippen molar-refractivity contribution < 1.29 is 8.42 Å². The average molecular weight is 348 g/mol. The second kappa shape index (κ2) is 5.82. The van der Waals surface area contributed by atoms with E-state index in [0.717, 1.165) is 22.4 Å². The summed E-state index contributed by atoms with van der Waals surface area (Å²) >= 11 is 1.06. The van der Waals surface area contributed by atoms with Crippen LogP contribution in [0.5, 0.6) is 0 Å². The van der Waals surface area contributed by atoms with Gasteiger partial charge in [-0.3, -0.25) is 14.1 Å². The first-order chi connectivity index (χ1) is 10.9. The summed E-state index contributed by atoms with van der Waals surface area (Å²) in [6.45, 7) is 4.35. The molecule has 7 heteroatoms. The summed E-state index contributed by atoms with van der Waals surface area (Å²) in [4.78, 5) is 11.9. The number of aryl methyl sites for hydroxylation is 2. The third kappa shape index (κ3) is 3.02. The standard InChI is InChI=1S/C16H16N2O3S2/c1-3-18-14-8-7-13(10-15(14)22-16(18)19)23(20,21)17-12-6-4-5-11(2)9-12/h4-10,17H,3H2,1-2H3. The summed E-state index contributed by atoms with van der Waals surface area (Å²) in [5, 5.41) is 0. The second-order valence-electron chi connectivity index (χ2n) is 5.22. The Morgan fingerprint density at radius 1 is 1.17 bits per heavy atom. The molecule has 0 spiro atoms. The van der Waals surface area contributed by atoms with Gasteiger partial charge in [-0.2, -0.15) is 0 Å². The fourth-order valence-electron chi connectivity index (χ4n) is 2.44. The summed E-state index contributed by atoms with van der Waals surface area (Å²) in [7, 11) is -3.69. The Bertz CT molecular complexity index is 1030. The van der Waals surface area contributed by atoms with E-state index in [1.807, 2.05) is 19.9 Å². The molecule has 0 fully saturated rings. The molecular weight excluding hydrogens is 332 g/mol. The van der Waals surface area contributed by atoms with Crippen LogP contribution in [0.1, 0.15) is 12.5 Å². The number of aromatic nitrogens is 1. The van der Waals surface area contributed by atoms with E-state index in [1.165, 1.54) is 6.07 Å². The fourth-order valence-corrected chi connectivity index (χ4v) is 4.58. The van der Waals surface area contributed by atoms with Crippen LogP contribution in [0.15, 0.2) is 52.2 Å². The van der Waals surface area contributed by atoms with E-state index in [0.29, 0.717) is 16.9 Å². The number of sulfonamides is 1. The molecule has 0 unspecified atom stereocenters. The quantitative estimate of drug-likeness (QED) is 0.787. The number of hydrogen-bond donors (Lipinski definition) is 1. The monoisotopic (exact) mass is 348 g/mol. The zero-order chi connectivity index (χ0) is 16.6. The van der Waals surface area contributed by atoms with Gasteiger partial charge in [0, 0.05) is 12.2 Å². The van der Waals surface area contributed by atoms with Gasteiger partial charge in [0.1, 0.15) is 0 Å². The Morgan fingerprint density at radius 3 is 2.65 bits per heavy atom. The van der Waals surface area contributed by atoms with Crippen LogP contribution in [0.4, 0.5) is 5.69 Å². The van der Waals surface area contributed by atoms with Crippen LogP contribution in [0, 0.1) is 6.92 Å². The number of hydrogen-bond acceptors (Lipinski definition) is 4. The van der Waals surface area contributed by atoms with Crippen molar-refractivity contribution in [3.05, 3.63) is 57.7 Å². The topological polar surface area (TPSA) is 68.2 Å². The van der Waals surface area contributed by atoms with Crippen molar-refractivity contribution in [1.29, 1.82) is 0 Å². The van der Waals surface area contributed by atoms with E-state index in [1.54, 1.807) is 34.9 Å². The lowest BCUT2D eigenvalue weighted by atomic mass is 10.2. The number of nitrogens with zero attached hydrogens (tertiary/aromatic N) is 1. The van der Waals surface area contributed by atoms with E-state index in [2.05, 4.69) is 4.72 Å². The first-order valence-electron chi connectivity index (χ1n) is 7.13. The molecule has 0 saturated heterocycles. The van der Waals surface area contributed by atoms with E-state index in [9.17, 15) is 13.2 Å². The SMILES string of the molecule is CCn1c(=O)sc2cc(S(=O)(=O)Nc3cccc(C)c3)ccc21. The molecule has 0 radical (unpaired) electrons. The molecule has 0 amide bonds. The first kappa shape index (κ1) is 15.8. The minimum absolute atomic E-state index is 0.0799. The van der Waals surface area contributed by atoms with Crippen molar-refractivity contribution >= 4 is 37.3 Å². The van der Waals surface area contributed by atoms with E-state index in [4.69, 9.17) is 0 Å². The molecule has 2 aromatic carbocycles. The van der Waals surface area contributed by atoms with Crippen molar-refractivity contribution in [2.75, 3.05) is 4.72 Å². The smallest absolute Gasteiger partial charge is 0.299 e. The Balaban J connectivity index is 2.03. The molecular formula is C16H16N2O3S2. The Labute approximate surface area is 138 Å². The molecule has 1 aromatic heterocycles. The number of anilines is 1. The van der Waals surface area contributed by atoms with Gasteiger partial charge >= 0.3 is 4.87 Å². The third-order valence-electron chi connectivity index (χ3n) is 3.54. The van der Waals surface area contributed by atoms with Gasteiger partial charge in [-0.15, -0.1) is 0 Å². The maximum Gasteiger partial charge on any atom is 0.308 e. The maximum absolute atomic E-state index is 12.5. The number of nitrogens with one attached hydrogen (secondary N) is 1. The molecule has 3 rings (SSSR count). The highest BCUT2D eigenvalue weighted by molar-refractivity contribution is 7.92. The maximum atomic E-state index is 12.5. The molecule has 3 aromatic rings. The van der Waals surface area contributed by atoms with Gasteiger partial charge in [0.25, 0.3) is 10.0 Å². The normalized spacial score (nSPS) is 11.7. The van der Waals surface area contributed by atoms with Crippen molar-refractivity contribution in [1.82, 2.24) is 4.57 Å². The second-order valence-corrected chi connectivity index (χ2v) is 7.89. The molecule has 0 atom stereocenters. The molecule has 1 N–H and O–H groups in total. The van der Waals surface area contributed by atoms with Gasteiger partial charge in [0.05, 0.1) is 15.1 Å². The fraction of sp³-hybridized carbons (Fsp3) is 0.188. The van der Waals surface area contributed by atoms with Crippen LogP contribution in [0.2, 0.25) is 0 Å². The van der Waals surface area contributed by atoms with Crippen molar-refractivity contribution in [3.8, 4) is 0 Å². The lowest BCUT2D eigenvalue weighted by Crippen LogP contribution is -2.13. The Morgan fingerprint density at radius 2 is 1.96 bits per heavy atom. The molecule has 0 saturated carbocycles. The van der Waals surface area contributed by atoms with Crippen molar-refractivity contribution in [3.63, 3.8) is 0 Å². The minimum Gasteiger partial charge on any atom is -0.299 e. The van der Waals surface area contributed by atoms with Gasteiger partial charge in [0.2, 0.25) is 0 Å². The van der Waals surface area contributed by atoms with Crippen molar-refractivity contribution in [2.45, 2.75) is 25.3 Å². The Hall–Kier alpha value is -2.12. The summed E-state index contributed by atoms with van der Waals surface area (Å²) in [6, 6.07) is 11.9. The highest BCUT2D eigenvalue weighted by Gasteiger charge is 2.16. The summed E-state index contributed by atoms with van der Waals surface area (Å²) < 4.78 is 29.9. The van der Waals surface area contributed by atoms with Gasteiger partial charge in [0.15, 0.2) is 0 Å². The van der Waals surface area contributed by atoms with E-state index >= 15 is 0 Å². The number of rotatable bonds is 4. The van der Waals surface area contributed by atoms with Gasteiger partial charge in [-0.05, 0) is 49.7 Å². The summed E-state index contributed by atoms with van der Waals surface area (Å²) in [5.41, 5.74) is 2.25. The minimum atomic E-state index is -3.69.